The summed E-state index contributed by atoms with van der Waals surface area (Å²) in [6.07, 6.45) is 5.39. The average Bonchev–Trinajstić information content (AvgIpc) is 3.34. The molecule has 152 valence electrons. The molecule has 1 amide bonds. The number of benzene rings is 2. The Kier molecular flexibility index (Phi) is 5.34. The van der Waals surface area contributed by atoms with Gasteiger partial charge in [-0.15, -0.1) is 0 Å². The first-order valence-corrected chi connectivity index (χ1v) is 9.59. The Morgan fingerprint density at radius 2 is 1.93 bits per heavy atom. The van der Waals surface area contributed by atoms with E-state index in [9.17, 15) is 4.79 Å². The first-order chi connectivity index (χ1) is 14.5. The van der Waals surface area contributed by atoms with Crippen LogP contribution >= 0.6 is 0 Å². The van der Waals surface area contributed by atoms with Crippen LogP contribution in [0.15, 0.2) is 67.3 Å². The second-order valence-corrected chi connectivity index (χ2v) is 7.09. The highest BCUT2D eigenvalue weighted by Gasteiger charge is 2.18. The summed E-state index contributed by atoms with van der Waals surface area (Å²) in [5.41, 5.74) is 5.22. The average molecular weight is 401 g/mol. The van der Waals surface area contributed by atoms with Crippen LogP contribution in [-0.4, -0.2) is 32.3 Å². The number of methoxy groups -OCH3 is 1. The van der Waals surface area contributed by atoms with Gasteiger partial charge in [0.05, 0.1) is 36.7 Å². The molecule has 0 bridgehead atoms. The Morgan fingerprint density at radius 1 is 1.13 bits per heavy atom. The topological polar surface area (TPSA) is 74.0 Å². The summed E-state index contributed by atoms with van der Waals surface area (Å²) in [5, 5.41) is 7.24. The largest absolute Gasteiger partial charge is 0.495 e. The molecule has 0 atom stereocenters. The molecule has 0 spiro atoms. The number of aromatic nitrogens is 4. The minimum absolute atomic E-state index is 0.112. The molecule has 1 N–H and O–H groups in total. The zero-order valence-electron chi connectivity index (χ0n) is 17.2. The molecule has 2 aromatic heterocycles. The van der Waals surface area contributed by atoms with Gasteiger partial charge in [0.1, 0.15) is 12.3 Å². The van der Waals surface area contributed by atoms with Crippen LogP contribution < -0.4 is 10.1 Å². The number of hydrogen-bond acceptors (Lipinski definition) is 4. The number of hydrogen-bond donors (Lipinski definition) is 1. The van der Waals surface area contributed by atoms with E-state index in [0.717, 1.165) is 28.1 Å². The predicted octanol–water partition coefficient (Wildman–Crippen LogP) is 3.91. The van der Waals surface area contributed by atoms with Gasteiger partial charge in [-0.2, -0.15) is 5.10 Å². The summed E-state index contributed by atoms with van der Waals surface area (Å²) >= 11 is 0. The van der Waals surface area contributed by atoms with E-state index < -0.39 is 0 Å². The number of rotatable bonds is 6. The maximum atomic E-state index is 12.9. The quantitative estimate of drug-likeness (QED) is 0.532. The molecule has 30 heavy (non-hydrogen) atoms. The number of nitrogens with one attached hydrogen (secondary N) is 1. The van der Waals surface area contributed by atoms with Crippen molar-refractivity contribution in [2.45, 2.75) is 13.5 Å². The van der Waals surface area contributed by atoms with Crippen LogP contribution in [0.4, 0.5) is 5.69 Å². The molecule has 2 aromatic carbocycles. The van der Waals surface area contributed by atoms with E-state index in [-0.39, 0.29) is 12.5 Å². The first-order valence-electron chi connectivity index (χ1n) is 9.59. The van der Waals surface area contributed by atoms with Gasteiger partial charge in [-0.1, -0.05) is 36.4 Å². The van der Waals surface area contributed by atoms with Gasteiger partial charge < -0.3 is 14.6 Å². The van der Waals surface area contributed by atoms with E-state index in [1.165, 1.54) is 0 Å². The van der Waals surface area contributed by atoms with Crippen LogP contribution in [0.5, 0.6) is 5.75 Å². The molecule has 0 saturated carbocycles. The first kappa shape index (κ1) is 19.4. The monoisotopic (exact) mass is 401 g/mol. The van der Waals surface area contributed by atoms with Crippen LogP contribution in [0.2, 0.25) is 0 Å². The van der Waals surface area contributed by atoms with Crippen LogP contribution in [0.25, 0.3) is 22.5 Å². The fourth-order valence-corrected chi connectivity index (χ4v) is 3.42. The lowest BCUT2D eigenvalue weighted by Gasteiger charge is -2.13. The van der Waals surface area contributed by atoms with E-state index in [2.05, 4.69) is 15.4 Å². The number of nitrogens with zero attached hydrogens (tertiary/aromatic N) is 4. The zero-order chi connectivity index (χ0) is 21.1. The number of carbonyl (C=O) groups is 1. The number of imidazole rings is 1. The number of ether oxygens (including phenoxy) is 1. The van der Waals surface area contributed by atoms with Crippen LogP contribution in [-0.2, 0) is 18.4 Å². The van der Waals surface area contributed by atoms with Crippen LogP contribution in [0, 0.1) is 6.92 Å². The fourth-order valence-electron chi connectivity index (χ4n) is 3.42. The van der Waals surface area contributed by atoms with Crippen molar-refractivity contribution in [2.24, 2.45) is 7.05 Å². The molecule has 0 aliphatic heterocycles. The van der Waals surface area contributed by atoms with Gasteiger partial charge in [0.25, 0.3) is 0 Å². The second-order valence-electron chi connectivity index (χ2n) is 7.09. The van der Waals surface area contributed by atoms with Crippen LogP contribution in [0.3, 0.4) is 0 Å². The summed E-state index contributed by atoms with van der Waals surface area (Å²) in [6.45, 7) is 2.08. The SMILES string of the molecule is COc1ccc(C)cc1NC(=O)Cn1cnc(-c2ccccc2)c1-c1cnn(C)c1. The molecular weight excluding hydrogens is 378 g/mol. The minimum atomic E-state index is -0.166. The van der Waals surface area contributed by atoms with Gasteiger partial charge in [0.15, 0.2) is 0 Å². The van der Waals surface area contributed by atoms with Crippen molar-refractivity contribution < 1.29 is 9.53 Å². The Hall–Kier alpha value is -3.87. The van der Waals surface area contributed by atoms with Gasteiger partial charge in [-0.05, 0) is 24.6 Å². The summed E-state index contributed by atoms with van der Waals surface area (Å²) in [5.74, 6) is 0.457. The smallest absolute Gasteiger partial charge is 0.244 e. The highest BCUT2D eigenvalue weighted by atomic mass is 16.5. The lowest BCUT2D eigenvalue weighted by molar-refractivity contribution is -0.116. The van der Waals surface area contributed by atoms with E-state index in [1.807, 2.05) is 73.3 Å². The van der Waals surface area contributed by atoms with E-state index in [0.29, 0.717) is 11.4 Å². The fraction of sp³-hybridized carbons (Fsp3) is 0.174. The van der Waals surface area contributed by atoms with E-state index in [1.54, 1.807) is 24.3 Å². The normalized spacial score (nSPS) is 10.8. The van der Waals surface area contributed by atoms with Crippen LogP contribution in [0.1, 0.15) is 5.56 Å². The second kappa shape index (κ2) is 8.24. The third kappa shape index (κ3) is 3.96. The number of aryl methyl sites for hydroxylation is 2. The summed E-state index contributed by atoms with van der Waals surface area (Å²) in [7, 11) is 3.45. The summed E-state index contributed by atoms with van der Waals surface area (Å²) < 4.78 is 8.94. The highest BCUT2D eigenvalue weighted by molar-refractivity contribution is 5.93. The minimum Gasteiger partial charge on any atom is -0.495 e. The van der Waals surface area contributed by atoms with E-state index in [4.69, 9.17) is 4.74 Å². The third-order valence-electron chi connectivity index (χ3n) is 4.81. The van der Waals surface area contributed by atoms with Gasteiger partial charge in [-0.3, -0.25) is 9.48 Å². The van der Waals surface area contributed by atoms with Crippen molar-refractivity contribution in [3.63, 3.8) is 0 Å². The van der Waals surface area contributed by atoms with Crippen molar-refractivity contribution in [1.82, 2.24) is 19.3 Å². The lowest BCUT2D eigenvalue weighted by Crippen LogP contribution is -2.19. The predicted molar refractivity (Wildman–Crippen MR) is 116 cm³/mol. The van der Waals surface area contributed by atoms with Crippen molar-refractivity contribution in [2.75, 3.05) is 12.4 Å². The van der Waals surface area contributed by atoms with Gasteiger partial charge in [0.2, 0.25) is 5.91 Å². The molecule has 0 unspecified atom stereocenters. The maximum absolute atomic E-state index is 12.9. The Balaban J connectivity index is 1.67. The molecule has 0 radical (unpaired) electrons. The highest BCUT2D eigenvalue weighted by Crippen LogP contribution is 2.31. The molecule has 0 aliphatic rings. The molecule has 2 heterocycles. The zero-order valence-corrected chi connectivity index (χ0v) is 17.2. The number of amides is 1. The summed E-state index contributed by atoms with van der Waals surface area (Å²) in [4.78, 5) is 17.5. The third-order valence-corrected chi connectivity index (χ3v) is 4.81. The Bertz CT molecular complexity index is 1180. The Morgan fingerprint density at radius 3 is 2.63 bits per heavy atom. The standard InChI is InChI=1S/C23H23N5O2/c1-16-9-10-20(30-3)19(11-16)26-21(29)14-28-15-24-22(17-7-5-4-6-8-17)23(28)18-12-25-27(2)13-18/h4-13,15H,14H2,1-3H3,(H,26,29). The van der Waals surface area contributed by atoms with Gasteiger partial charge in [0, 0.05) is 24.4 Å². The van der Waals surface area contributed by atoms with Crippen molar-refractivity contribution in [3.05, 3.63) is 72.8 Å². The summed E-state index contributed by atoms with van der Waals surface area (Å²) in [6, 6.07) is 15.6. The molecule has 0 aliphatic carbocycles. The number of anilines is 1. The molecule has 4 aromatic rings. The molecule has 7 nitrogen and oxygen atoms in total. The number of carbonyl (C=O) groups excluding carboxylic acids is 1. The molecule has 4 rings (SSSR count). The molecular formula is C23H23N5O2. The molecule has 0 fully saturated rings. The van der Waals surface area contributed by atoms with Crippen molar-refractivity contribution >= 4 is 11.6 Å². The van der Waals surface area contributed by atoms with Gasteiger partial charge >= 0.3 is 0 Å². The lowest BCUT2D eigenvalue weighted by atomic mass is 10.1. The Labute approximate surface area is 174 Å². The van der Waals surface area contributed by atoms with Crippen molar-refractivity contribution in [1.29, 1.82) is 0 Å². The van der Waals surface area contributed by atoms with E-state index >= 15 is 0 Å². The van der Waals surface area contributed by atoms with Gasteiger partial charge in [-0.25, -0.2) is 4.98 Å². The van der Waals surface area contributed by atoms with Crippen molar-refractivity contribution in [3.8, 4) is 28.3 Å². The molecule has 0 saturated heterocycles. The maximum Gasteiger partial charge on any atom is 0.244 e. The molecule has 7 heteroatoms.